The Morgan fingerprint density at radius 1 is 1.83 bits per heavy atom. The highest BCUT2D eigenvalue weighted by molar-refractivity contribution is 5.77. The zero-order valence-corrected chi connectivity index (χ0v) is 7.23. The van der Waals surface area contributed by atoms with Crippen molar-refractivity contribution in [3.63, 3.8) is 0 Å². The lowest BCUT2D eigenvalue weighted by atomic mass is 10.2. The lowest BCUT2D eigenvalue weighted by molar-refractivity contribution is 0.0949. The van der Waals surface area contributed by atoms with Gasteiger partial charge in [0.25, 0.3) is 0 Å². The molecule has 1 fully saturated rings. The molecule has 12 heavy (non-hydrogen) atoms. The minimum atomic E-state index is 0.130. The number of nitrogens with zero attached hydrogens (tertiary/aromatic N) is 2. The molecule has 1 heterocycles. The number of hydrogen-bond donors (Lipinski definition) is 2. The molecule has 0 saturated carbocycles. The molecule has 0 aromatic heterocycles. The van der Waals surface area contributed by atoms with E-state index in [-0.39, 0.29) is 12.1 Å². The number of nitrogens with two attached hydrogens (primary N) is 1. The van der Waals surface area contributed by atoms with E-state index >= 15 is 0 Å². The summed E-state index contributed by atoms with van der Waals surface area (Å²) in [4.78, 5) is 1.68. The smallest absolute Gasteiger partial charge is 0.233 e. The lowest BCUT2D eigenvalue weighted by Crippen LogP contribution is -2.38. The van der Waals surface area contributed by atoms with Gasteiger partial charge in [-0.05, 0) is 12.8 Å². The summed E-state index contributed by atoms with van der Waals surface area (Å²) in [5.74, 6) is 0.130. The third-order valence-corrected chi connectivity index (χ3v) is 2.00. The molecule has 5 nitrogen and oxygen atoms in total. The molecule has 0 aromatic carbocycles. The highest BCUT2D eigenvalue weighted by atomic mass is 16.5. The van der Waals surface area contributed by atoms with Gasteiger partial charge in [-0.15, -0.1) is 0 Å². The van der Waals surface area contributed by atoms with Gasteiger partial charge in [-0.3, -0.25) is 0 Å². The molecule has 3 N–H and O–H groups in total. The number of guanidine groups is 1. The fraction of sp³-hybridized carbons (Fsp3) is 0.857. The summed E-state index contributed by atoms with van der Waals surface area (Å²) in [6.07, 6.45) is 2.40. The monoisotopic (exact) mass is 173 g/mol. The zero-order valence-electron chi connectivity index (χ0n) is 7.23. The second-order valence-electron chi connectivity index (χ2n) is 2.97. The maximum Gasteiger partial charge on any atom is 0.233 e. The highest BCUT2D eigenvalue weighted by Crippen LogP contribution is 2.12. The Morgan fingerprint density at radius 2 is 2.58 bits per heavy atom. The maximum absolute atomic E-state index is 8.36. The Kier molecular flexibility index (Phi) is 3.16. The number of likely N-dealkylation sites (N-methyl/N-ethyl adjacent to an activating group) is 1. The second-order valence-corrected chi connectivity index (χ2v) is 2.97. The summed E-state index contributed by atoms with van der Waals surface area (Å²) in [7, 11) is 1.77. The minimum absolute atomic E-state index is 0.130. The van der Waals surface area contributed by atoms with Crippen LogP contribution in [0.15, 0.2) is 5.16 Å². The molecule has 1 aliphatic heterocycles. The highest BCUT2D eigenvalue weighted by Gasteiger charge is 2.18. The quantitative estimate of drug-likeness (QED) is 0.262. The number of ether oxygens (including phenoxy) is 1. The fourth-order valence-corrected chi connectivity index (χ4v) is 1.26. The molecule has 5 heteroatoms. The topological polar surface area (TPSA) is 71.1 Å². The molecule has 1 atom stereocenters. The summed E-state index contributed by atoms with van der Waals surface area (Å²) in [5, 5.41) is 11.3. The van der Waals surface area contributed by atoms with Crippen molar-refractivity contribution in [2.45, 2.75) is 18.9 Å². The van der Waals surface area contributed by atoms with Crippen molar-refractivity contribution in [3.05, 3.63) is 0 Å². The molecule has 1 rings (SSSR count). The van der Waals surface area contributed by atoms with Gasteiger partial charge < -0.3 is 20.6 Å². The molecule has 0 aromatic rings. The standard InChI is InChI=1S/C7H15N3O2/c1-10(7(8)9-11)5-6-3-2-4-12-6/h6,11H,2-5H2,1H3,(H2,8,9). The van der Waals surface area contributed by atoms with E-state index in [4.69, 9.17) is 15.7 Å². The van der Waals surface area contributed by atoms with Crippen LogP contribution in [0.5, 0.6) is 0 Å². The third-order valence-electron chi connectivity index (χ3n) is 2.00. The van der Waals surface area contributed by atoms with Crippen LogP contribution in [0.3, 0.4) is 0 Å². The van der Waals surface area contributed by atoms with Crippen LogP contribution in [0.2, 0.25) is 0 Å². The Labute approximate surface area is 71.8 Å². The van der Waals surface area contributed by atoms with Gasteiger partial charge in [-0.25, -0.2) is 0 Å². The first-order chi connectivity index (χ1) is 5.74. The van der Waals surface area contributed by atoms with E-state index in [1.807, 2.05) is 0 Å². The van der Waals surface area contributed by atoms with Crippen LogP contribution in [0.4, 0.5) is 0 Å². The average Bonchev–Trinajstić information content (AvgIpc) is 2.55. The van der Waals surface area contributed by atoms with Crippen LogP contribution in [-0.4, -0.2) is 42.4 Å². The Balaban J connectivity index is 2.29. The molecule has 0 aliphatic carbocycles. The van der Waals surface area contributed by atoms with Crippen molar-refractivity contribution in [3.8, 4) is 0 Å². The van der Waals surface area contributed by atoms with E-state index in [0.717, 1.165) is 19.4 Å². The molecule has 0 spiro atoms. The first-order valence-corrected chi connectivity index (χ1v) is 4.04. The Morgan fingerprint density at radius 3 is 3.08 bits per heavy atom. The lowest BCUT2D eigenvalue weighted by Gasteiger charge is -2.20. The summed E-state index contributed by atoms with van der Waals surface area (Å²) < 4.78 is 5.38. The van der Waals surface area contributed by atoms with E-state index in [9.17, 15) is 0 Å². The molecule has 0 radical (unpaired) electrons. The molecule has 0 amide bonds. The second kappa shape index (κ2) is 4.15. The van der Waals surface area contributed by atoms with E-state index < -0.39 is 0 Å². The molecule has 1 unspecified atom stereocenters. The van der Waals surface area contributed by atoms with Crippen LogP contribution in [-0.2, 0) is 4.74 Å². The molecular weight excluding hydrogens is 158 g/mol. The van der Waals surface area contributed by atoms with Crippen molar-refractivity contribution in [2.75, 3.05) is 20.2 Å². The van der Waals surface area contributed by atoms with Crippen LogP contribution in [0, 0.1) is 0 Å². The van der Waals surface area contributed by atoms with E-state index in [1.165, 1.54) is 0 Å². The fourth-order valence-electron chi connectivity index (χ4n) is 1.26. The van der Waals surface area contributed by atoms with Crippen LogP contribution >= 0.6 is 0 Å². The molecular formula is C7H15N3O2. The van der Waals surface area contributed by atoms with Crippen LogP contribution in [0.1, 0.15) is 12.8 Å². The van der Waals surface area contributed by atoms with Gasteiger partial charge in [-0.1, -0.05) is 5.16 Å². The van der Waals surface area contributed by atoms with Gasteiger partial charge in [0.1, 0.15) is 0 Å². The van der Waals surface area contributed by atoms with Gasteiger partial charge in [0.2, 0.25) is 5.96 Å². The normalized spacial score (nSPS) is 24.4. The molecule has 70 valence electrons. The van der Waals surface area contributed by atoms with Gasteiger partial charge in [0, 0.05) is 20.2 Å². The van der Waals surface area contributed by atoms with Gasteiger partial charge in [0.15, 0.2) is 0 Å². The first kappa shape index (κ1) is 9.12. The van der Waals surface area contributed by atoms with E-state index in [2.05, 4.69) is 5.16 Å². The van der Waals surface area contributed by atoms with Gasteiger partial charge in [0.05, 0.1) is 6.10 Å². The van der Waals surface area contributed by atoms with Gasteiger partial charge in [-0.2, -0.15) is 0 Å². The number of hydrogen-bond acceptors (Lipinski definition) is 3. The Hall–Kier alpha value is -0.970. The van der Waals surface area contributed by atoms with Crippen molar-refractivity contribution in [1.82, 2.24) is 4.90 Å². The van der Waals surface area contributed by atoms with Crippen LogP contribution < -0.4 is 5.73 Å². The third kappa shape index (κ3) is 2.27. The zero-order chi connectivity index (χ0) is 8.97. The summed E-state index contributed by atoms with van der Waals surface area (Å²) in [6.45, 7) is 1.52. The molecule has 1 aliphatic rings. The summed E-state index contributed by atoms with van der Waals surface area (Å²) in [6, 6.07) is 0. The minimum Gasteiger partial charge on any atom is -0.408 e. The SMILES string of the molecule is CN(CC1CCCO1)C(N)=NO. The van der Waals surface area contributed by atoms with Crippen molar-refractivity contribution >= 4 is 5.96 Å². The van der Waals surface area contributed by atoms with Crippen molar-refractivity contribution in [1.29, 1.82) is 0 Å². The van der Waals surface area contributed by atoms with E-state index in [0.29, 0.717) is 6.54 Å². The molecule has 0 bridgehead atoms. The summed E-state index contributed by atoms with van der Waals surface area (Å²) in [5.41, 5.74) is 5.36. The predicted octanol–water partition coefficient (Wildman–Crippen LogP) is -0.199. The maximum atomic E-state index is 8.36. The van der Waals surface area contributed by atoms with E-state index in [1.54, 1.807) is 11.9 Å². The average molecular weight is 173 g/mol. The Bertz CT molecular complexity index is 166. The number of rotatable bonds is 2. The predicted molar refractivity (Wildman–Crippen MR) is 45.0 cm³/mol. The summed E-state index contributed by atoms with van der Waals surface area (Å²) >= 11 is 0. The largest absolute Gasteiger partial charge is 0.408 e. The van der Waals surface area contributed by atoms with Crippen molar-refractivity contribution in [2.24, 2.45) is 10.9 Å². The van der Waals surface area contributed by atoms with Crippen molar-refractivity contribution < 1.29 is 9.94 Å². The number of oxime groups is 1. The first-order valence-electron chi connectivity index (χ1n) is 4.04. The van der Waals surface area contributed by atoms with Crippen LogP contribution in [0.25, 0.3) is 0 Å². The van der Waals surface area contributed by atoms with Gasteiger partial charge >= 0.3 is 0 Å². The molecule has 1 saturated heterocycles.